The van der Waals surface area contributed by atoms with Crippen molar-refractivity contribution >= 4 is 10.9 Å². The third kappa shape index (κ3) is 1.66. The average Bonchev–Trinajstić information content (AvgIpc) is 2.31. The summed E-state index contributed by atoms with van der Waals surface area (Å²) < 4.78 is 5.19. The maximum absolute atomic E-state index is 11.7. The highest BCUT2D eigenvalue weighted by Crippen LogP contribution is 2.25. The van der Waals surface area contributed by atoms with Gasteiger partial charge in [0, 0.05) is 5.39 Å². The van der Waals surface area contributed by atoms with Crippen molar-refractivity contribution in [2.45, 2.75) is 13.8 Å². The highest BCUT2D eigenvalue weighted by Gasteiger charge is 2.11. The number of nitrogens with one attached hydrogen (secondary N) is 1. The summed E-state index contributed by atoms with van der Waals surface area (Å²) in [5, 5.41) is 9.80. The molecule has 0 unspecified atom stereocenters. The Labute approximate surface area is 98.5 Å². The first-order chi connectivity index (χ1) is 8.08. The van der Waals surface area contributed by atoms with E-state index in [-0.39, 0.29) is 11.1 Å². The lowest BCUT2D eigenvalue weighted by Crippen LogP contribution is -2.12. The molecule has 0 saturated heterocycles. The first-order valence-electron chi connectivity index (χ1n) is 5.19. The summed E-state index contributed by atoms with van der Waals surface area (Å²) in [6, 6.07) is 5.61. The molecule has 0 aliphatic carbocycles. The van der Waals surface area contributed by atoms with Crippen LogP contribution in [0, 0.1) is 25.2 Å². The maximum Gasteiger partial charge on any atom is 0.266 e. The van der Waals surface area contributed by atoms with Crippen LogP contribution in [0.1, 0.15) is 16.7 Å². The molecule has 0 aliphatic heterocycles. The number of nitrogens with zero attached hydrogens (tertiary/aromatic N) is 1. The summed E-state index contributed by atoms with van der Waals surface area (Å²) in [5.41, 5.74) is 2.18. The Balaban J connectivity index is 2.99. The first-order valence-corrected chi connectivity index (χ1v) is 5.19. The number of methoxy groups -OCH3 is 1. The van der Waals surface area contributed by atoms with Crippen LogP contribution in [-0.4, -0.2) is 12.1 Å². The van der Waals surface area contributed by atoms with Crippen LogP contribution in [0.3, 0.4) is 0 Å². The topological polar surface area (TPSA) is 65.9 Å². The maximum atomic E-state index is 11.7. The van der Waals surface area contributed by atoms with E-state index in [0.29, 0.717) is 11.3 Å². The number of hydrogen-bond donors (Lipinski definition) is 1. The van der Waals surface area contributed by atoms with Gasteiger partial charge in [-0.15, -0.1) is 0 Å². The molecule has 1 aromatic heterocycles. The van der Waals surface area contributed by atoms with E-state index in [9.17, 15) is 4.79 Å². The van der Waals surface area contributed by atoms with E-state index >= 15 is 0 Å². The summed E-state index contributed by atoms with van der Waals surface area (Å²) >= 11 is 0. The van der Waals surface area contributed by atoms with Crippen molar-refractivity contribution in [1.82, 2.24) is 4.98 Å². The van der Waals surface area contributed by atoms with Crippen LogP contribution >= 0.6 is 0 Å². The van der Waals surface area contributed by atoms with Crippen LogP contribution in [0.5, 0.6) is 5.75 Å². The molecule has 0 atom stereocenters. The molecule has 0 aliphatic rings. The number of hydrogen-bond acceptors (Lipinski definition) is 3. The Morgan fingerprint density at radius 1 is 1.35 bits per heavy atom. The number of rotatable bonds is 1. The van der Waals surface area contributed by atoms with Crippen molar-refractivity contribution in [2.75, 3.05) is 7.11 Å². The van der Waals surface area contributed by atoms with Gasteiger partial charge in [0.25, 0.3) is 5.56 Å². The summed E-state index contributed by atoms with van der Waals surface area (Å²) in [6.07, 6.45) is 0. The summed E-state index contributed by atoms with van der Waals surface area (Å²) in [7, 11) is 1.59. The lowest BCUT2D eigenvalue weighted by molar-refractivity contribution is 0.415. The predicted octanol–water partition coefficient (Wildman–Crippen LogP) is 2.03. The van der Waals surface area contributed by atoms with Crippen molar-refractivity contribution in [3.63, 3.8) is 0 Å². The van der Waals surface area contributed by atoms with E-state index in [1.165, 1.54) is 0 Å². The second kappa shape index (κ2) is 3.95. The molecule has 86 valence electrons. The van der Waals surface area contributed by atoms with Crippen molar-refractivity contribution in [2.24, 2.45) is 0 Å². The number of aryl methyl sites for hydroxylation is 2. The Bertz CT molecular complexity index is 693. The molecule has 1 heterocycles. The predicted molar refractivity (Wildman–Crippen MR) is 65.3 cm³/mol. The number of H-pyrrole nitrogens is 1. The van der Waals surface area contributed by atoms with Crippen molar-refractivity contribution < 1.29 is 4.74 Å². The summed E-state index contributed by atoms with van der Waals surface area (Å²) in [4.78, 5) is 14.4. The fraction of sp³-hybridized carbons (Fsp3) is 0.231. The van der Waals surface area contributed by atoms with Gasteiger partial charge in [0.1, 0.15) is 17.4 Å². The van der Waals surface area contributed by atoms with Crippen molar-refractivity contribution in [1.29, 1.82) is 5.26 Å². The molecule has 0 spiro atoms. The Morgan fingerprint density at radius 2 is 2.06 bits per heavy atom. The van der Waals surface area contributed by atoms with Gasteiger partial charge in [-0.05, 0) is 37.1 Å². The van der Waals surface area contributed by atoms with Crippen LogP contribution in [0.4, 0.5) is 0 Å². The third-order valence-electron chi connectivity index (χ3n) is 2.90. The zero-order valence-electron chi connectivity index (χ0n) is 9.92. The molecule has 1 N–H and O–H groups in total. The molecule has 0 fully saturated rings. The van der Waals surface area contributed by atoms with Gasteiger partial charge in [-0.25, -0.2) is 0 Å². The Hall–Kier alpha value is -2.28. The molecule has 0 radical (unpaired) electrons. The molecule has 4 heteroatoms. The van der Waals surface area contributed by atoms with Gasteiger partial charge >= 0.3 is 0 Å². The van der Waals surface area contributed by atoms with Gasteiger partial charge in [0.15, 0.2) is 0 Å². The van der Waals surface area contributed by atoms with E-state index in [2.05, 4.69) is 4.98 Å². The fourth-order valence-corrected chi connectivity index (χ4v) is 1.95. The number of nitriles is 1. The lowest BCUT2D eigenvalue weighted by atomic mass is 10.0. The van der Waals surface area contributed by atoms with Crippen LogP contribution < -0.4 is 10.3 Å². The van der Waals surface area contributed by atoms with Crippen LogP contribution in [0.25, 0.3) is 10.9 Å². The van der Waals surface area contributed by atoms with Crippen molar-refractivity contribution in [3.05, 3.63) is 39.2 Å². The molecule has 4 nitrogen and oxygen atoms in total. The second-order valence-electron chi connectivity index (χ2n) is 3.93. The number of aromatic amines is 1. The van der Waals surface area contributed by atoms with E-state index in [1.54, 1.807) is 14.0 Å². The van der Waals surface area contributed by atoms with Gasteiger partial charge in [0.05, 0.1) is 12.6 Å². The SMILES string of the molecule is COc1cc(C)c2[nH]c(=O)c(C#N)c(C)c2c1. The Morgan fingerprint density at radius 3 is 2.65 bits per heavy atom. The van der Waals surface area contributed by atoms with E-state index < -0.39 is 0 Å². The highest BCUT2D eigenvalue weighted by molar-refractivity contribution is 5.87. The minimum Gasteiger partial charge on any atom is -0.497 e. The highest BCUT2D eigenvalue weighted by atomic mass is 16.5. The fourth-order valence-electron chi connectivity index (χ4n) is 1.95. The third-order valence-corrected chi connectivity index (χ3v) is 2.90. The molecule has 17 heavy (non-hydrogen) atoms. The summed E-state index contributed by atoms with van der Waals surface area (Å²) in [5.74, 6) is 0.717. The monoisotopic (exact) mass is 228 g/mol. The van der Waals surface area contributed by atoms with E-state index in [1.807, 2.05) is 25.1 Å². The molecule has 1 aromatic carbocycles. The Kier molecular flexibility index (Phi) is 2.60. The first kappa shape index (κ1) is 11.2. The standard InChI is InChI=1S/C13H12N2O2/c1-7-4-9(17-3)5-10-8(2)11(6-14)13(16)15-12(7)10/h4-5H,1-3H3,(H,15,16). The number of fused-ring (bicyclic) bond motifs is 1. The van der Waals surface area contributed by atoms with E-state index in [0.717, 1.165) is 16.5 Å². The summed E-state index contributed by atoms with van der Waals surface area (Å²) in [6.45, 7) is 3.67. The van der Waals surface area contributed by atoms with Crippen LogP contribution in [-0.2, 0) is 0 Å². The average molecular weight is 228 g/mol. The molecule has 0 saturated carbocycles. The zero-order chi connectivity index (χ0) is 12.6. The van der Waals surface area contributed by atoms with Gasteiger partial charge in [0.2, 0.25) is 0 Å². The van der Waals surface area contributed by atoms with Gasteiger partial charge < -0.3 is 9.72 Å². The smallest absolute Gasteiger partial charge is 0.266 e. The van der Waals surface area contributed by atoms with Crippen LogP contribution in [0.15, 0.2) is 16.9 Å². The number of aromatic nitrogens is 1. The molecular weight excluding hydrogens is 216 g/mol. The minimum absolute atomic E-state index is 0.158. The molecule has 2 aromatic rings. The van der Waals surface area contributed by atoms with E-state index in [4.69, 9.17) is 10.00 Å². The largest absolute Gasteiger partial charge is 0.497 e. The molecular formula is C13H12N2O2. The van der Waals surface area contributed by atoms with Gasteiger partial charge in [-0.3, -0.25) is 4.79 Å². The molecule has 2 rings (SSSR count). The lowest BCUT2D eigenvalue weighted by Gasteiger charge is -2.09. The molecule has 0 bridgehead atoms. The van der Waals surface area contributed by atoms with Crippen LogP contribution in [0.2, 0.25) is 0 Å². The zero-order valence-corrected chi connectivity index (χ0v) is 9.92. The van der Waals surface area contributed by atoms with Crippen molar-refractivity contribution in [3.8, 4) is 11.8 Å². The quantitative estimate of drug-likeness (QED) is 0.812. The number of benzene rings is 1. The number of ether oxygens (including phenoxy) is 1. The second-order valence-corrected chi connectivity index (χ2v) is 3.93. The molecule has 0 amide bonds. The number of pyridine rings is 1. The van der Waals surface area contributed by atoms with Gasteiger partial charge in [-0.1, -0.05) is 0 Å². The normalized spacial score (nSPS) is 10.2. The van der Waals surface area contributed by atoms with Gasteiger partial charge in [-0.2, -0.15) is 5.26 Å². The minimum atomic E-state index is -0.342.